The molecule has 1 aromatic heterocycles. The fourth-order valence-corrected chi connectivity index (χ4v) is 2.43. The Morgan fingerprint density at radius 1 is 1.31 bits per heavy atom. The molecule has 0 saturated carbocycles. The molecule has 1 aromatic rings. The molecule has 0 aliphatic carbocycles. The third kappa shape index (κ3) is 1.91. The highest BCUT2D eigenvalue weighted by atomic mass is 32.2. The summed E-state index contributed by atoms with van der Waals surface area (Å²) < 4.78 is 27.6. The maximum absolute atomic E-state index is 11.4. The highest BCUT2D eigenvalue weighted by molar-refractivity contribution is 7.90. The van der Waals surface area contributed by atoms with Gasteiger partial charge in [0.1, 0.15) is 10.6 Å². The first-order chi connectivity index (χ1) is 6.00. The van der Waals surface area contributed by atoms with E-state index in [-0.39, 0.29) is 4.90 Å². The molecule has 0 aromatic carbocycles. The Morgan fingerprint density at radius 3 is 2.31 bits per heavy atom. The number of nitrogens with zero attached hydrogens (tertiary/aromatic N) is 1. The molecule has 0 spiro atoms. The second-order valence-electron chi connectivity index (χ2n) is 2.86. The van der Waals surface area contributed by atoms with Gasteiger partial charge in [-0.25, -0.2) is 8.42 Å². The predicted octanol–water partition coefficient (Wildman–Crippen LogP) is 1.20. The minimum atomic E-state index is -3.20. The summed E-state index contributed by atoms with van der Waals surface area (Å²) in [4.78, 5) is 0.275. The van der Waals surface area contributed by atoms with Gasteiger partial charge in [0.25, 0.3) is 0 Å². The molecule has 74 valence electrons. The van der Waals surface area contributed by atoms with Crippen molar-refractivity contribution in [1.82, 2.24) is 5.16 Å². The van der Waals surface area contributed by atoms with E-state index in [0.717, 1.165) is 0 Å². The Balaban J connectivity index is 3.38. The SMILES string of the molecule is CCc1noc(CC)c1S(C)(=O)=O. The summed E-state index contributed by atoms with van der Waals surface area (Å²) in [5.74, 6) is 0.458. The smallest absolute Gasteiger partial charge is 0.180 e. The monoisotopic (exact) mass is 203 g/mol. The van der Waals surface area contributed by atoms with E-state index in [9.17, 15) is 8.42 Å². The molecule has 1 heterocycles. The van der Waals surface area contributed by atoms with E-state index in [0.29, 0.717) is 24.3 Å². The van der Waals surface area contributed by atoms with Crippen molar-refractivity contribution < 1.29 is 12.9 Å². The predicted molar refractivity (Wildman–Crippen MR) is 48.4 cm³/mol. The maximum Gasteiger partial charge on any atom is 0.180 e. The van der Waals surface area contributed by atoms with Crippen LogP contribution < -0.4 is 0 Å². The number of rotatable bonds is 3. The van der Waals surface area contributed by atoms with Gasteiger partial charge in [-0.05, 0) is 6.42 Å². The zero-order valence-electron chi connectivity index (χ0n) is 7.99. The minimum absolute atomic E-state index is 0.275. The molecule has 0 unspecified atom stereocenters. The Labute approximate surface area is 77.8 Å². The number of hydrogen-bond acceptors (Lipinski definition) is 4. The standard InChI is InChI=1S/C8H13NO3S/c1-4-6-8(13(3,10)11)7(5-2)12-9-6/h4-5H2,1-3H3. The molecule has 4 nitrogen and oxygen atoms in total. The first kappa shape index (κ1) is 10.2. The van der Waals surface area contributed by atoms with Gasteiger partial charge < -0.3 is 4.52 Å². The van der Waals surface area contributed by atoms with E-state index < -0.39 is 9.84 Å². The highest BCUT2D eigenvalue weighted by Crippen LogP contribution is 2.21. The summed E-state index contributed by atoms with van der Waals surface area (Å²) >= 11 is 0. The molecular formula is C8H13NO3S. The lowest BCUT2D eigenvalue weighted by Crippen LogP contribution is -2.02. The van der Waals surface area contributed by atoms with Crippen LogP contribution in [0.5, 0.6) is 0 Å². The van der Waals surface area contributed by atoms with Gasteiger partial charge in [-0.3, -0.25) is 0 Å². The average molecular weight is 203 g/mol. The van der Waals surface area contributed by atoms with E-state index in [1.165, 1.54) is 6.26 Å². The van der Waals surface area contributed by atoms with Gasteiger partial charge in [-0.15, -0.1) is 0 Å². The van der Waals surface area contributed by atoms with E-state index in [2.05, 4.69) is 5.16 Å². The highest BCUT2D eigenvalue weighted by Gasteiger charge is 2.22. The lowest BCUT2D eigenvalue weighted by atomic mass is 10.3. The molecule has 0 amide bonds. The summed E-state index contributed by atoms with van der Waals surface area (Å²) in [7, 11) is -3.20. The molecule has 5 heteroatoms. The van der Waals surface area contributed by atoms with E-state index in [4.69, 9.17) is 4.52 Å². The first-order valence-corrected chi connectivity index (χ1v) is 6.07. The second kappa shape index (κ2) is 3.49. The van der Waals surface area contributed by atoms with Crippen molar-refractivity contribution in [3.05, 3.63) is 11.5 Å². The Morgan fingerprint density at radius 2 is 1.92 bits per heavy atom. The normalized spacial score (nSPS) is 11.9. The van der Waals surface area contributed by atoms with Gasteiger partial charge in [0.15, 0.2) is 15.6 Å². The van der Waals surface area contributed by atoms with Crippen LogP contribution in [-0.4, -0.2) is 19.8 Å². The average Bonchev–Trinajstić information content (AvgIpc) is 2.45. The van der Waals surface area contributed by atoms with Gasteiger partial charge in [0, 0.05) is 12.7 Å². The number of aromatic nitrogens is 1. The van der Waals surface area contributed by atoms with Gasteiger partial charge >= 0.3 is 0 Å². The van der Waals surface area contributed by atoms with Gasteiger partial charge in [0.2, 0.25) is 0 Å². The van der Waals surface area contributed by atoms with Crippen LogP contribution >= 0.6 is 0 Å². The van der Waals surface area contributed by atoms with Crippen LogP contribution in [0.4, 0.5) is 0 Å². The molecule has 0 N–H and O–H groups in total. The van der Waals surface area contributed by atoms with Crippen LogP contribution in [0.15, 0.2) is 9.42 Å². The van der Waals surface area contributed by atoms with Crippen molar-refractivity contribution in [3.63, 3.8) is 0 Å². The lowest BCUT2D eigenvalue weighted by Gasteiger charge is -1.97. The molecule has 13 heavy (non-hydrogen) atoms. The van der Waals surface area contributed by atoms with Crippen molar-refractivity contribution >= 4 is 9.84 Å². The molecule has 0 bridgehead atoms. The second-order valence-corrected chi connectivity index (χ2v) is 4.81. The summed E-state index contributed by atoms with van der Waals surface area (Å²) in [6, 6.07) is 0. The molecule has 0 aliphatic heterocycles. The Hall–Kier alpha value is -0.840. The number of sulfone groups is 1. The number of hydrogen-bond donors (Lipinski definition) is 0. The molecule has 0 saturated heterocycles. The lowest BCUT2D eigenvalue weighted by molar-refractivity contribution is 0.378. The summed E-state index contributed by atoms with van der Waals surface area (Å²) in [6.07, 6.45) is 2.30. The van der Waals surface area contributed by atoms with Gasteiger partial charge in [-0.1, -0.05) is 19.0 Å². The van der Waals surface area contributed by atoms with Gasteiger partial charge in [0.05, 0.1) is 0 Å². The Bertz CT molecular complexity index is 370. The van der Waals surface area contributed by atoms with Crippen molar-refractivity contribution in [2.24, 2.45) is 0 Å². The minimum Gasteiger partial charge on any atom is -0.360 e. The summed E-state index contributed by atoms with van der Waals surface area (Å²) in [5, 5.41) is 3.72. The zero-order valence-corrected chi connectivity index (χ0v) is 8.81. The molecule has 1 rings (SSSR count). The van der Waals surface area contributed by atoms with Crippen LogP contribution in [0.2, 0.25) is 0 Å². The van der Waals surface area contributed by atoms with Crippen LogP contribution in [-0.2, 0) is 22.7 Å². The first-order valence-electron chi connectivity index (χ1n) is 4.18. The Kier molecular flexibility index (Phi) is 2.75. The molecule has 0 fully saturated rings. The zero-order chi connectivity index (χ0) is 10.1. The van der Waals surface area contributed by atoms with E-state index >= 15 is 0 Å². The van der Waals surface area contributed by atoms with Crippen molar-refractivity contribution in [3.8, 4) is 0 Å². The van der Waals surface area contributed by atoms with E-state index in [1.807, 2.05) is 13.8 Å². The molecule has 0 radical (unpaired) electrons. The maximum atomic E-state index is 11.4. The molecule has 0 aliphatic rings. The van der Waals surface area contributed by atoms with Crippen molar-refractivity contribution in [1.29, 1.82) is 0 Å². The largest absolute Gasteiger partial charge is 0.360 e. The molecule has 0 atom stereocenters. The summed E-state index contributed by atoms with van der Waals surface area (Å²) in [5.41, 5.74) is 0.527. The fourth-order valence-electron chi connectivity index (χ4n) is 1.23. The third-order valence-electron chi connectivity index (χ3n) is 1.81. The fraction of sp³-hybridized carbons (Fsp3) is 0.625. The van der Waals surface area contributed by atoms with E-state index in [1.54, 1.807) is 0 Å². The molecular weight excluding hydrogens is 190 g/mol. The quantitative estimate of drug-likeness (QED) is 0.740. The van der Waals surface area contributed by atoms with Crippen LogP contribution in [0, 0.1) is 0 Å². The van der Waals surface area contributed by atoms with Crippen LogP contribution in [0.3, 0.4) is 0 Å². The van der Waals surface area contributed by atoms with Crippen molar-refractivity contribution in [2.45, 2.75) is 31.6 Å². The van der Waals surface area contributed by atoms with Crippen LogP contribution in [0.1, 0.15) is 25.3 Å². The third-order valence-corrected chi connectivity index (χ3v) is 3.01. The number of aryl methyl sites for hydroxylation is 2. The topological polar surface area (TPSA) is 60.2 Å². The van der Waals surface area contributed by atoms with Crippen molar-refractivity contribution in [2.75, 3.05) is 6.26 Å². The van der Waals surface area contributed by atoms with Crippen LogP contribution in [0.25, 0.3) is 0 Å². The summed E-state index contributed by atoms with van der Waals surface area (Å²) in [6.45, 7) is 3.70. The van der Waals surface area contributed by atoms with Gasteiger partial charge in [-0.2, -0.15) is 0 Å².